The molecule has 3 rings (SSSR count). The van der Waals surface area contributed by atoms with Crippen LogP contribution in [-0.2, 0) is 0 Å². The van der Waals surface area contributed by atoms with Gasteiger partial charge in [0, 0.05) is 23.3 Å². The summed E-state index contributed by atoms with van der Waals surface area (Å²) in [4.78, 5) is 19.2. The minimum atomic E-state index is 0.0369. The number of rotatable bonds is 1. The molecular weight excluding hydrogens is 304 g/mol. The van der Waals surface area contributed by atoms with Gasteiger partial charge in [0.2, 0.25) is 0 Å². The van der Waals surface area contributed by atoms with E-state index in [0.29, 0.717) is 10.5 Å². The lowest BCUT2D eigenvalue weighted by Gasteiger charge is -2.29. The van der Waals surface area contributed by atoms with Gasteiger partial charge in [-0.3, -0.25) is 4.79 Å². The number of halogens is 1. The van der Waals surface area contributed by atoms with E-state index in [2.05, 4.69) is 20.9 Å². The van der Waals surface area contributed by atoms with Crippen LogP contribution in [0.4, 0.5) is 0 Å². The number of hydrogen-bond donors (Lipinski definition) is 0. The van der Waals surface area contributed by atoms with E-state index in [1.54, 1.807) is 0 Å². The van der Waals surface area contributed by atoms with Gasteiger partial charge in [-0.1, -0.05) is 40.2 Å². The van der Waals surface area contributed by atoms with Crippen molar-refractivity contribution in [1.29, 1.82) is 0 Å². The van der Waals surface area contributed by atoms with E-state index in [1.165, 1.54) is 0 Å². The number of aromatic nitrogens is 1. The number of alkyl halides is 1. The average Bonchev–Trinajstić information content (AvgIpc) is 2.46. The molecule has 0 radical (unpaired) electrons. The fourth-order valence-corrected chi connectivity index (χ4v) is 3.13. The third-order valence-corrected chi connectivity index (χ3v) is 4.22. The van der Waals surface area contributed by atoms with Gasteiger partial charge < -0.3 is 4.90 Å². The molecule has 98 valence electrons. The monoisotopic (exact) mass is 318 g/mol. The van der Waals surface area contributed by atoms with Crippen LogP contribution in [0.1, 0.15) is 23.3 Å². The van der Waals surface area contributed by atoms with Gasteiger partial charge in [-0.25, -0.2) is 4.98 Å². The Morgan fingerprint density at radius 2 is 2.11 bits per heavy atom. The molecule has 1 fully saturated rings. The first-order chi connectivity index (χ1) is 9.24. The first-order valence-corrected chi connectivity index (χ1v) is 7.45. The van der Waals surface area contributed by atoms with Crippen LogP contribution in [0.2, 0.25) is 0 Å². The first-order valence-electron chi connectivity index (χ1n) is 6.53. The molecule has 0 spiro atoms. The van der Waals surface area contributed by atoms with Gasteiger partial charge in [-0.05, 0) is 25.0 Å². The fraction of sp³-hybridized carbons (Fsp3) is 0.333. The van der Waals surface area contributed by atoms with Crippen molar-refractivity contribution in [3.05, 3.63) is 42.1 Å². The molecule has 0 N–H and O–H groups in total. The van der Waals surface area contributed by atoms with Crippen LogP contribution in [0.3, 0.4) is 0 Å². The first kappa shape index (κ1) is 12.6. The maximum atomic E-state index is 12.4. The molecule has 2 aromatic rings. The van der Waals surface area contributed by atoms with E-state index in [-0.39, 0.29) is 5.91 Å². The van der Waals surface area contributed by atoms with Crippen LogP contribution in [0.5, 0.6) is 0 Å². The van der Waals surface area contributed by atoms with Crippen molar-refractivity contribution in [3.63, 3.8) is 0 Å². The summed E-state index contributed by atoms with van der Waals surface area (Å²) < 4.78 is 0. The SMILES string of the molecule is O=C(c1ccc2ccccc2n1)N1CCCC(Br)C1. The quantitative estimate of drug-likeness (QED) is 0.756. The molecule has 0 bridgehead atoms. The Kier molecular flexibility index (Phi) is 3.51. The summed E-state index contributed by atoms with van der Waals surface area (Å²) in [6.45, 7) is 1.60. The Hall–Kier alpha value is -1.42. The number of pyridine rings is 1. The fourth-order valence-electron chi connectivity index (χ4n) is 2.46. The highest BCUT2D eigenvalue weighted by Crippen LogP contribution is 2.19. The van der Waals surface area contributed by atoms with Crippen molar-refractivity contribution in [2.24, 2.45) is 0 Å². The number of hydrogen-bond acceptors (Lipinski definition) is 2. The lowest BCUT2D eigenvalue weighted by Crippen LogP contribution is -2.40. The zero-order valence-corrected chi connectivity index (χ0v) is 12.1. The number of nitrogens with zero attached hydrogens (tertiary/aromatic N) is 2. The van der Waals surface area contributed by atoms with Gasteiger partial charge in [0.1, 0.15) is 5.69 Å². The van der Waals surface area contributed by atoms with Crippen LogP contribution in [0, 0.1) is 0 Å². The lowest BCUT2D eigenvalue weighted by molar-refractivity contribution is 0.0724. The minimum Gasteiger partial charge on any atom is -0.336 e. The second-order valence-electron chi connectivity index (χ2n) is 4.88. The van der Waals surface area contributed by atoms with Crippen molar-refractivity contribution in [3.8, 4) is 0 Å². The highest BCUT2D eigenvalue weighted by atomic mass is 79.9. The summed E-state index contributed by atoms with van der Waals surface area (Å²) in [5, 5.41) is 1.07. The van der Waals surface area contributed by atoms with Gasteiger partial charge in [-0.15, -0.1) is 0 Å². The second-order valence-corrected chi connectivity index (χ2v) is 6.17. The maximum Gasteiger partial charge on any atom is 0.272 e. The summed E-state index contributed by atoms with van der Waals surface area (Å²) in [7, 11) is 0. The van der Waals surface area contributed by atoms with Crippen molar-refractivity contribution in [2.75, 3.05) is 13.1 Å². The number of carbonyl (C=O) groups excluding carboxylic acids is 1. The Balaban J connectivity index is 1.88. The highest BCUT2D eigenvalue weighted by Gasteiger charge is 2.23. The standard InChI is InChI=1S/C15H15BrN2O/c16-12-5-3-9-18(10-12)15(19)14-8-7-11-4-1-2-6-13(11)17-14/h1-2,4,6-8,12H,3,5,9-10H2. The van der Waals surface area contributed by atoms with E-state index in [1.807, 2.05) is 41.3 Å². The average molecular weight is 319 g/mol. The molecule has 1 aromatic heterocycles. The summed E-state index contributed by atoms with van der Waals surface area (Å²) in [5.41, 5.74) is 1.42. The number of fused-ring (bicyclic) bond motifs is 1. The molecule has 4 heteroatoms. The number of piperidine rings is 1. The van der Waals surface area contributed by atoms with E-state index < -0.39 is 0 Å². The Labute approximate surface area is 120 Å². The lowest BCUT2D eigenvalue weighted by atomic mass is 10.1. The van der Waals surface area contributed by atoms with E-state index in [0.717, 1.165) is 36.8 Å². The third-order valence-electron chi connectivity index (χ3n) is 3.47. The number of amides is 1. The molecule has 1 aromatic carbocycles. The zero-order valence-electron chi connectivity index (χ0n) is 10.6. The number of benzene rings is 1. The second kappa shape index (κ2) is 5.29. The van der Waals surface area contributed by atoms with E-state index in [9.17, 15) is 4.79 Å². The molecule has 3 nitrogen and oxygen atoms in total. The van der Waals surface area contributed by atoms with Gasteiger partial charge in [0.15, 0.2) is 0 Å². The van der Waals surface area contributed by atoms with Gasteiger partial charge in [0.05, 0.1) is 5.52 Å². The highest BCUT2D eigenvalue weighted by molar-refractivity contribution is 9.09. The molecule has 1 saturated heterocycles. The molecule has 1 atom stereocenters. The molecule has 1 aliphatic rings. The topological polar surface area (TPSA) is 33.2 Å². The predicted molar refractivity (Wildman–Crippen MR) is 79.6 cm³/mol. The summed E-state index contributed by atoms with van der Waals surface area (Å²) in [5.74, 6) is 0.0369. The maximum absolute atomic E-state index is 12.4. The van der Waals surface area contributed by atoms with E-state index >= 15 is 0 Å². The van der Waals surface area contributed by atoms with Crippen molar-refractivity contribution in [2.45, 2.75) is 17.7 Å². The summed E-state index contributed by atoms with van der Waals surface area (Å²) >= 11 is 3.59. The number of carbonyl (C=O) groups is 1. The molecule has 0 aliphatic carbocycles. The molecule has 1 aliphatic heterocycles. The van der Waals surface area contributed by atoms with Gasteiger partial charge in [0.25, 0.3) is 5.91 Å². The minimum absolute atomic E-state index is 0.0369. The van der Waals surface area contributed by atoms with Crippen molar-refractivity contribution < 1.29 is 4.79 Å². The van der Waals surface area contributed by atoms with Crippen LogP contribution in [-0.4, -0.2) is 33.7 Å². The number of para-hydroxylation sites is 1. The smallest absolute Gasteiger partial charge is 0.272 e. The Morgan fingerprint density at radius 1 is 1.26 bits per heavy atom. The Bertz CT molecular complexity index is 614. The third kappa shape index (κ3) is 2.63. The molecule has 1 amide bonds. The largest absolute Gasteiger partial charge is 0.336 e. The zero-order chi connectivity index (χ0) is 13.2. The van der Waals surface area contributed by atoms with Crippen LogP contribution in [0.15, 0.2) is 36.4 Å². The molecular formula is C15H15BrN2O. The predicted octanol–water partition coefficient (Wildman–Crippen LogP) is 3.23. The van der Waals surface area contributed by atoms with Crippen LogP contribution < -0.4 is 0 Å². The molecule has 19 heavy (non-hydrogen) atoms. The van der Waals surface area contributed by atoms with Gasteiger partial charge >= 0.3 is 0 Å². The Morgan fingerprint density at radius 3 is 2.95 bits per heavy atom. The number of likely N-dealkylation sites (tertiary alicyclic amines) is 1. The summed E-state index contributed by atoms with van der Waals surface area (Å²) in [6, 6.07) is 11.7. The van der Waals surface area contributed by atoms with Gasteiger partial charge in [-0.2, -0.15) is 0 Å². The van der Waals surface area contributed by atoms with Crippen molar-refractivity contribution in [1.82, 2.24) is 9.88 Å². The van der Waals surface area contributed by atoms with Crippen molar-refractivity contribution >= 4 is 32.7 Å². The summed E-state index contributed by atoms with van der Waals surface area (Å²) in [6.07, 6.45) is 2.18. The molecule has 2 heterocycles. The normalized spacial score (nSPS) is 19.6. The molecule has 0 saturated carbocycles. The van der Waals surface area contributed by atoms with E-state index in [4.69, 9.17) is 0 Å². The van der Waals surface area contributed by atoms with Crippen LogP contribution in [0.25, 0.3) is 10.9 Å². The van der Waals surface area contributed by atoms with Crippen LogP contribution >= 0.6 is 15.9 Å². The molecule has 1 unspecified atom stereocenters.